The van der Waals surface area contributed by atoms with Gasteiger partial charge in [-0.3, -0.25) is 0 Å². The van der Waals surface area contributed by atoms with Gasteiger partial charge in [-0.05, 0) is 32.5 Å². The van der Waals surface area contributed by atoms with Crippen LogP contribution in [0.15, 0.2) is 18.2 Å². The molecule has 1 N–H and O–H groups in total. The largest absolute Gasteiger partial charge is 0.368 e. The number of rotatable bonds is 6. The summed E-state index contributed by atoms with van der Waals surface area (Å²) in [5.41, 5.74) is 1.54. The first-order valence-corrected chi connectivity index (χ1v) is 6.23. The summed E-state index contributed by atoms with van der Waals surface area (Å²) in [7, 11) is 1.85. The van der Waals surface area contributed by atoms with E-state index < -0.39 is 0 Å². The number of para-hydroxylation sites is 1. The first-order valence-electron chi connectivity index (χ1n) is 6.23. The highest BCUT2D eigenvalue weighted by molar-refractivity contribution is 5.56. The van der Waals surface area contributed by atoms with Crippen LogP contribution in [0, 0.1) is 17.1 Å². The van der Waals surface area contributed by atoms with Crippen LogP contribution in [-0.4, -0.2) is 20.1 Å². The Labute approximate surface area is 108 Å². The maximum absolute atomic E-state index is 14.1. The van der Waals surface area contributed by atoms with Gasteiger partial charge in [0.15, 0.2) is 0 Å². The molecule has 4 heteroatoms. The van der Waals surface area contributed by atoms with Crippen molar-refractivity contribution < 1.29 is 4.39 Å². The van der Waals surface area contributed by atoms with Crippen molar-refractivity contribution >= 4 is 5.69 Å². The SMILES string of the molecule is CCN(CCC#N)c1c(F)cccc1C(C)NC. The van der Waals surface area contributed by atoms with Crippen molar-refractivity contribution in [3.8, 4) is 6.07 Å². The molecule has 1 rings (SSSR count). The van der Waals surface area contributed by atoms with Gasteiger partial charge >= 0.3 is 0 Å². The smallest absolute Gasteiger partial charge is 0.146 e. The van der Waals surface area contributed by atoms with E-state index in [4.69, 9.17) is 5.26 Å². The third kappa shape index (κ3) is 3.21. The number of anilines is 1. The van der Waals surface area contributed by atoms with Crippen LogP contribution in [0.2, 0.25) is 0 Å². The zero-order chi connectivity index (χ0) is 13.5. The minimum absolute atomic E-state index is 0.0758. The molecule has 1 unspecified atom stereocenters. The molecular formula is C14H20FN3. The first-order chi connectivity index (χ1) is 8.65. The number of halogens is 1. The van der Waals surface area contributed by atoms with E-state index >= 15 is 0 Å². The van der Waals surface area contributed by atoms with Crippen LogP contribution in [0.25, 0.3) is 0 Å². The quantitative estimate of drug-likeness (QED) is 0.842. The van der Waals surface area contributed by atoms with Crippen LogP contribution in [-0.2, 0) is 0 Å². The van der Waals surface area contributed by atoms with Gasteiger partial charge in [0.05, 0.1) is 18.2 Å². The lowest BCUT2D eigenvalue weighted by Crippen LogP contribution is -2.27. The number of benzene rings is 1. The number of hydrogen-bond donors (Lipinski definition) is 1. The van der Waals surface area contributed by atoms with E-state index in [2.05, 4.69) is 11.4 Å². The molecule has 1 aromatic rings. The summed E-state index contributed by atoms with van der Waals surface area (Å²) in [6, 6.07) is 7.30. The van der Waals surface area contributed by atoms with Gasteiger partial charge in [0.1, 0.15) is 5.82 Å². The molecule has 18 heavy (non-hydrogen) atoms. The van der Waals surface area contributed by atoms with Crippen molar-refractivity contribution in [1.29, 1.82) is 5.26 Å². The molecule has 0 saturated carbocycles. The molecule has 0 saturated heterocycles. The Morgan fingerprint density at radius 2 is 2.22 bits per heavy atom. The second-order valence-electron chi connectivity index (χ2n) is 4.18. The van der Waals surface area contributed by atoms with E-state index in [9.17, 15) is 4.39 Å². The van der Waals surface area contributed by atoms with Crippen molar-refractivity contribution in [3.05, 3.63) is 29.6 Å². The molecular weight excluding hydrogens is 229 g/mol. The minimum atomic E-state index is -0.227. The lowest BCUT2D eigenvalue weighted by molar-refractivity contribution is 0.598. The fraction of sp³-hybridized carbons (Fsp3) is 0.500. The molecule has 0 aliphatic carbocycles. The normalized spacial score (nSPS) is 11.9. The minimum Gasteiger partial charge on any atom is -0.368 e. The number of nitrogens with one attached hydrogen (secondary N) is 1. The topological polar surface area (TPSA) is 39.1 Å². The molecule has 0 aromatic heterocycles. The standard InChI is InChI=1S/C14H20FN3/c1-4-18(10-6-9-16)14-12(11(2)17-3)7-5-8-13(14)15/h5,7-8,11,17H,4,6,10H2,1-3H3. The van der Waals surface area contributed by atoms with Gasteiger partial charge in [-0.25, -0.2) is 4.39 Å². The van der Waals surface area contributed by atoms with Gasteiger partial charge in [0.25, 0.3) is 0 Å². The van der Waals surface area contributed by atoms with Crippen LogP contribution in [0.1, 0.15) is 31.9 Å². The second-order valence-corrected chi connectivity index (χ2v) is 4.18. The highest BCUT2D eigenvalue weighted by Crippen LogP contribution is 2.29. The molecule has 0 radical (unpaired) electrons. The summed E-state index contributed by atoms with van der Waals surface area (Å²) in [5.74, 6) is -0.227. The molecule has 0 bridgehead atoms. The predicted octanol–water partition coefficient (Wildman–Crippen LogP) is 2.85. The van der Waals surface area contributed by atoms with Gasteiger partial charge in [-0.1, -0.05) is 12.1 Å². The lowest BCUT2D eigenvalue weighted by Gasteiger charge is -2.27. The highest BCUT2D eigenvalue weighted by atomic mass is 19.1. The van der Waals surface area contributed by atoms with Crippen molar-refractivity contribution in [2.24, 2.45) is 0 Å². The molecule has 98 valence electrons. The van der Waals surface area contributed by atoms with Crippen molar-refractivity contribution in [1.82, 2.24) is 5.32 Å². The average molecular weight is 249 g/mol. The van der Waals surface area contributed by atoms with Gasteiger partial charge < -0.3 is 10.2 Å². The average Bonchev–Trinajstić information content (AvgIpc) is 2.40. The predicted molar refractivity (Wildman–Crippen MR) is 72.0 cm³/mol. The molecule has 0 aliphatic rings. The maximum atomic E-state index is 14.1. The number of nitriles is 1. The lowest BCUT2D eigenvalue weighted by atomic mass is 10.0. The molecule has 0 heterocycles. The van der Waals surface area contributed by atoms with E-state index in [0.717, 1.165) is 5.56 Å². The third-order valence-electron chi connectivity index (χ3n) is 3.11. The van der Waals surface area contributed by atoms with Crippen molar-refractivity contribution in [2.75, 3.05) is 25.0 Å². The molecule has 0 aliphatic heterocycles. The van der Waals surface area contributed by atoms with Crippen LogP contribution in [0.5, 0.6) is 0 Å². The summed E-state index contributed by atoms with van der Waals surface area (Å²) in [6.45, 7) is 5.21. The summed E-state index contributed by atoms with van der Waals surface area (Å²) in [5, 5.41) is 11.8. The highest BCUT2D eigenvalue weighted by Gasteiger charge is 2.17. The van der Waals surface area contributed by atoms with Crippen LogP contribution < -0.4 is 10.2 Å². The molecule has 0 amide bonds. The first kappa shape index (κ1) is 14.5. The fourth-order valence-corrected chi connectivity index (χ4v) is 1.98. The number of hydrogen-bond acceptors (Lipinski definition) is 3. The Morgan fingerprint density at radius 1 is 1.50 bits per heavy atom. The molecule has 0 fully saturated rings. The zero-order valence-corrected chi connectivity index (χ0v) is 11.2. The molecule has 1 aromatic carbocycles. The van der Waals surface area contributed by atoms with Crippen LogP contribution in [0.4, 0.5) is 10.1 Å². The number of nitrogens with zero attached hydrogens (tertiary/aromatic N) is 2. The molecule has 3 nitrogen and oxygen atoms in total. The zero-order valence-electron chi connectivity index (χ0n) is 11.2. The van der Waals surface area contributed by atoms with E-state index in [-0.39, 0.29) is 11.9 Å². The monoisotopic (exact) mass is 249 g/mol. The van der Waals surface area contributed by atoms with Crippen molar-refractivity contribution in [3.63, 3.8) is 0 Å². The van der Waals surface area contributed by atoms with E-state index in [1.54, 1.807) is 6.07 Å². The van der Waals surface area contributed by atoms with Crippen molar-refractivity contribution in [2.45, 2.75) is 26.3 Å². The van der Waals surface area contributed by atoms with Crippen LogP contribution >= 0.6 is 0 Å². The summed E-state index contributed by atoms with van der Waals surface area (Å²) in [6.07, 6.45) is 0.398. The maximum Gasteiger partial charge on any atom is 0.146 e. The van der Waals surface area contributed by atoms with Gasteiger partial charge in [-0.15, -0.1) is 0 Å². The van der Waals surface area contributed by atoms with E-state index in [1.807, 2.05) is 31.9 Å². The molecule has 0 spiro atoms. The van der Waals surface area contributed by atoms with Crippen LogP contribution in [0.3, 0.4) is 0 Å². The Balaban J connectivity index is 3.14. The summed E-state index contributed by atoms with van der Waals surface area (Å²) in [4.78, 5) is 1.92. The Bertz CT molecular complexity index is 426. The Kier molecular flexibility index (Phi) is 5.60. The van der Waals surface area contributed by atoms with Gasteiger partial charge in [0, 0.05) is 19.1 Å². The summed E-state index contributed by atoms with van der Waals surface area (Å²) < 4.78 is 14.1. The Hall–Kier alpha value is -1.60. The third-order valence-corrected chi connectivity index (χ3v) is 3.11. The fourth-order valence-electron chi connectivity index (χ4n) is 1.98. The van der Waals surface area contributed by atoms with Gasteiger partial charge in [-0.2, -0.15) is 5.26 Å². The summed E-state index contributed by atoms with van der Waals surface area (Å²) >= 11 is 0. The molecule has 1 atom stereocenters. The van der Waals surface area contributed by atoms with E-state index in [0.29, 0.717) is 25.2 Å². The second kappa shape index (κ2) is 6.97. The Morgan fingerprint density at radius 3 is 2.78 bits per heavy atom. The van der Waals surface area contributed by atoms with E-state index in [1.165, 1.54) is 6.07 Å². The van der Waals surface area contributed by atoms with Gasteiger partial charge in [0.2, 0.25) is 0 Å².